The second-order valence-electron chi connectivity index (χ2n) is 5.61. The lowest BCUT2D eigenvalue weighted by atomic mass is 9.88. The van der Waals surface area contributed by atoms with E-state index in [9.17, 15) is 0 Å². The molecule has 0 fully saturated rings. The maximum Gasteiger partial charge on any atom is 0.125 e. The van der Waals surface area contributed by atoms with Gasteiger partial charge in [-0.2, -0.15) is 0 Å². The van der Waals surface area contributed by atoms with Crippen molar-refractivity contribution in [3.8, 4) is 0 Å². The SMILES string of the molecule is COCC(N)CCNc1ccc(C(C)(C)C)cn1. The molecule has 18 heavy (non-hydrogen) atoms. The second kappa shape index (κ2) is 6.71. The Morgan fingerprint density at radius 2 is 2.11 bits per heavy atom. The molecule has 1 unspecified atom stereocenters. The average molecular weight is 251 g/mol. The first-order valence-corrected chi connectivity index (χ1v) is 6.38. The van der Waals surface area contributed by atoms with E-state index in [1.165, 1.54) is 5.56 Å². The standard InChI is InChI=1S/C14H25N3O/c1-14(2,3)11-5-6-13(17-9-11)16-8-7-12(15)10-18-4/h5-6,9,12H,7-8,10,15H2,1-4H3,(H,16,17). The Labute approximate surface area is 110 Å². The summed E-state index contributed by atoms with van der Waals surface area (Å²) in [6, 6.07) is 4.21. The number of anilines is 1. The molecule has 0 aliphatic carbocycles. The fourth-order valence-electron chi connectivity index (χ4n) is 1.63. The molecular weight excluding hydrogens is 226 g/mol. The van der Waals surface area contributed by atoms with Crippen molar-refractivity contribution >= 4 is 5.82 Å². The van der Waals surface area contributed by atoms with E-state index < -0.39 is 0 Å². The first-order chi connectivity index (χ1) is 8.43. The van der Waals surface area contributed by atoms with Crippen LogP contribution in [0.15, 0.2) is 18.3 Å². The van der Waals surface area contributed by atoms with Crippen molar-refractivity contribution in [2.24, 2.45) is 5.73 Å². The zero-order valence-electron chi connectivity index (χ0n) is 11.9. The van der Waals surface area contributed by atoms with Crippen LogP contribution < -0.4 is 11.1 Å². The van der Waals surface area contributed by atoms with E-state index in [1.807, 2.05) is 12.3 Å². The molecule has 0 spiro atoms. The van der Waals surface area contributed by atoms with Crippen molar-refractivity contribution in [3.63, 3.8) is 0 Å². The van der Waals surface area contributed by atoms with Crippen molar-refractivity contribution in [1.29, 1.82) is 0 Å². The van der Waals surface area contributed by atoms with E-state index in [-0.39, 0.29) is 11.5 Å². The molecule has 0 aliphatic heterocycles. The lowest BCUT2D eigenvalue weighted by molar-refractivity contribution is 0.178. The van der Waals surface area contributed by atoms with Crippen LogP contribution in [0.25, 0.3) is 0 Å². The molecule has 0 aromatic carbocycles. The molecule has 1 aromatic heterocycles. The number of nitrogens with two attached hydrogens (primary N) is 1. The first-order valence-electron chi connectivity index (χ1n) is 6.38. The van der Waals surface area contributed by atoms with Crippen LogP contribution in [-0.2, 0) is 10.2 Å². The number of ether oxygens (including phenoxy) is 1. The summed E-state index contributed by atoms with van der Waals surface area (Å²) in [4.78, 5) is 4.40. The van der Waals surface area contributed by atoms with Gasteiger partial charge in [0, 0.05) is 25.9 Å². The van der Waals surface area contributed by atoms with Crippen LogP contribution in [0.2, 0.25) is 0 Å². The van der Waals surface area contributed by atoms with Crippen molar-refractivity contribution in [2.75, 3.05) is 25.6 Å². The van der Waals surface area contributed by atoms with Crippen molar-refractivity contribution in [1.82, 2.24) is 4.98 Å². The monoisotopic (exact) mass is 251 g/mol. The molecule has 1 heterocycles. The number of methoxy groups -OCH3 is 1. The third kappa shape index (κ3) is 5.02. The van der Waals surface area contributed by atoms with Gasteiger partial charge in [-0.25, -0.2) is 4.98 Å². The molecule has 4 nitrogen and oxygen atoms in total. The summed E-state index contributed by atoms with van der Waals surface area (Å²) in [6.45, 7) is 7.95. The zero-order valence-corrected chi connectivity index (χ0v) is 11.9. The molecule has 1 aromatic rings. The number of aromatic nitrogens is 1. The summed E-state index contributed by atoms with van der Waals surface area (Å²) in [5, 5.41) is 3.27. The third-order valence-electron chi connectivity index (χ3n) is 2.83. The summed E-state index contributed by atoms with van der Waals surface area (Å²) in [5.41, 5.74) is 7.23. The van der Waals surface area contributed by atoms with Gasteiger partial charge in [0.1, 0.15) is 5.82 Å². The minimum atomic E-state index is 0.0800. The smallest absolute Gasteiger partial charge is 0.125 e. The first kappa shape index (κ1) is 14.9. The van der Waals surface area contributed by atoms with E-state index in [1.54, 1.807) is 7.11 Å². The number of nitrogens with zero attached hydrogens (tertiary/aromatic N) is 1. The van der Waals surface area contributed by atoms with E-state index >= 15 is 0 Å². The van der Waals surface area contributed by atoms with E-state index in [2.05, 4.69) is 37.1 Å². The average Bonchev–Trinajstić information content (AvgIpc) is 2.29. The van der Waals surface area contributed by atoms with Crippen LogP contribution in [0.4, 0.5) is 5.82 Å². The maximum absolute atomic E-state index is 5.84. The maximum atomic E-state index is 5.84. The van der Waals surface area contributed by atoms with Crippen LogP contribution in [0.1, 0.15) is 32.8 Å². The Hall–Kier alpha value is -1.13. The van der Waals surface area contributed by atoms with E-state index in [0.717, 1.165) is 18.8 Å². The van der Waals surface area contributed by atoms with Crippen molar-refractivity contribution in [2.45, 2.75) is 38.6 Å². The van der Waals surface area contributed by atoms with Gasteiger partial charge in [0.15, 0.2) is 0 Å². The lowest BCUT2D eigenvalue weighted by Gasteiger charge is -2.18. The molecule has 0 amide bonds. The highest BCUT2D eigenvalue weighted by molar-refractivity contribution is 5.36. The lowest BCUT2D eigenvalue weighted by Crippen LogP contribution is -2.28. The topological polar surface area (TPSA) is 60.2 Å². The van der Waals surface area contributed by atoms with Crippen LogP contribution in [0.3, 0.4) is 0 Å². The molecule has 4 heteroatoms. The molecule has 3 N–H and O–H groups in total. The molecular formula is C14H25N3O. The molecule has 0 saturated carbocycles. The number of rotatable bonds is 6. The van der Waals surface area contributed by atoms with Gasteiger partial charge in [-0.1, -0.05) is 26.8 Å². The molecule has 1 rings (SSSR count). The summed E-state index contributed by atoms with van der Waals surface area (Å²) in [6.07, 6.45) is 2.80. The Morgan fingerprint density at radius 1 is 1.39 bits per heavy atom. The molecule has 0 aliphatic rings. The van der Waals surface area contributed by atoms with Gasteiger partial charge in [-0.3, -0.25) is 0 Å². The van der Waals surface area contributed by atoms with Gasteiger partial charge < -0.3 is 15.8 Å². The number of hydrogen-bond donors (Lipinski definition) is 2. The Balaban J connectivity index is 2.40. The largest absolute Gasteiger partial charge is 0.383 e. The minimum Gasteiger partial charge on any atom is -0.383 e. The van der Waals surface area contributed by atoms with Gasteiger partial charge >= 0.3 is 0 Å². The number of hydrogen-bond acceptors (Lipinski definition) is 4. The molecule has 0 saturated heterocycles. The van der Waals surface area contributed by atoms with Crippen LogP contribution in [0, 0.1) is 0 Å². The number of pyridine rings is 1. The van der Waals surface area contributed by atoms with Crippen LogP contribution in [0.5, 0.6) is 0 Å². The van der Waals surface area contributed by atoms with E-state index in [4.69, 9.17) is 10.5 Å². The fourth-order valence-corrected chi connectivity index (χ4v) is 1.63. The Bertz CT molecular complexity index is 343. The number of nitrogens with one attached hydrogen (secondary N) is 1. The van der Waals surface area contributed by atoms with Crippen LogP contribution in [-0.4, -0.2) is 31.3 Å². The van der Waals surface area contributed by atoms with Gasteiger partial charge in [0.2, 0.25) is 0 Å². The molecule has 0 radical (unpaired) electrons. The highest BCUT2D eigenvalue weighted by Gasteiger charge is 2.13. The van der Waals surface area contributed by atoms with Gasteiger partial charge in [0.25, 0.3) is 0 Å². The van der Waals surface area contributed by atoms with Gasteiger partial charge in [-0.15, -0.1) is 0 Å². The summed E-state index contributed by atoms with van der Waals surface area (Å²) >= 11 is 0. The zero-order chi connectivity index (χ0) is 13.6. The second-order valence-corrected chi connectivity index (χ2v) is 5.61. The van der Waals surface area contributed by atoms with E-state index in [0.29, 0.717) is 6.61 Å². The third-order valence-corrected chi connectivity index (χ3v) is 2.83. The highest BCUT2D eigenvalue weighted by atomic mass is 16.5. The quantitative estimate of drug-likeness (QED) is 0.813. The van der Waals surface area contributed by atoms with Crippen molar-refractivity contribution in [3.05, 3.63) is 23.9 Å². The summed E-state index contributed by atoms with van der Waals surface area (Å²) in [7, 11) is 1.67. The highest BCUT2D eigenvalue weighted by Crippen LogP contribution is 2.21. The van der Waals surface area contributed by atoms with Gasteiger partial charge in [0.05, 0.1) is 6.61 Å². The Morgan fingerprint density at radius 3 is 2.61 bits per heavy atom. The Kier molecular flexibility index (Phi) is 5.56. The molecule has 1 atom stereocenters. The summed E-state index contributed by atoms with van der Waals surface area (Å²) < 4.78 is 4.99. The van der Waals surface area contributed by atoms with Crippen LogP contribution >= 0.6 is 0 Å². The predicted octanol–water partition coefficient (Wildman–Crippen LogP) is 2.15. The minimum absolute atomic E-state index is 0.0800. The predicted molar refractivity (Wildman–Crippen MR) is 75.9 cm³/mol. The van der Waals surface area contributed by atoms with Gasteiger partial charge in [-0.05, 0) is 23.5 Å². The summed E-state index contributed by atoms with van der Waals surface area (Å²) in [5.74, 6) is 0.896. The van der Waals surface area contributed by atoms with Crippen molar-refractivity contribution < 1.29 is 4.74 Å². The molecule has 102 valence electrons. The fraction of sp³-hybridized carbons (Fsp3) is 0.643. The normalized spacial score (nSPS) is 13.4. The molecule has 0 bridgehead atoms.